The number of carbonyl (C=O) groups excluding carboxylic acids is 1. The van der Waals surface area contributed by atoms with E-state index in [4.69, 9.17) is 4.74 Å². The van der Waals surface area contributed by atoms with E-state index in [0.717, 1.165) is 0 Å². The van der Waals surface area contributed by atoms with Crippen LogP contribution in [0.15, 0.2) is 30.3 Å². The quantitative estimate of drug-likeness (QED) is 0.697. The summed E-state index contributed by atoms with van der Waals surface area (Å²) in [7, 11) is 1.78. The highest BCUT2D eigenvalue weighted by Gasteiger charge is 2.33. The number of likely N-dealkylation sites (N-methyl/N-ethyl adjacent to an activating group) is 1. The number of carbonyl (C=O) groups is 2. The van der Waals surface area contributed by atoms with Gasteiger partial charge in [0, 0.05) is 12.6 Å². The summed E-state index contributed by atoms with van der Waals surface area (Å²) in [5, 5.41) is 15.1. The first-order valence-corrected chi connectivity index (χ1v) is 6.94. The van der Waals surface area contributed by atoms with E-state index in [1.165, 1.54) is 0 Å². The minimum atomic E-state index is -0.950. The highest BCUT2D eigenvalue weighted by molar-refractivity contribution is 5.82. The van der Waals surface area contributed by atoms with Crippen molar-refractivity contribution in [3.8, 4) is 0 Å². The zero-order valence-electron chi connectivity index (χ0n) is 11.9. The van der Waals surface area contributed by atoms with Gasteiger partial charge in [0.05, 0.1) is 25.0 Å². The number of carboxylic acids is 1. The van der Waals surface area contributed by atoms with Crippen LogP contribution < -0.4 is 10.6 Å². The smallest absolute Gasteiger partial charge is 0.312 e. The van der Waals surface area contributed by atoms with Crippen molar-refractivity contribution in [3.05, 3.63) is 35.9 Å². The van der Waals surface area contributed by atoms with E-state index >= 15 is 0 Å². The lowest BCUT2D eigenvalue weighted by Crippen LogP contribution is -2.44. The Morgan fingerprint density at radius 1 is 1.33 bits per heavy atom. The van der Waals surface area contributed by atoms with E-state index in [1.54, 1.807) is 31.3 Å². The fourth-order valence-electron chi connectivity index (χ4n) is 2.46. The molecule has 1 aromatic rings. The van der Waals surface area contributed by atoms with Crippen LogP contribution in [0.2, 0.25) is 0 Å². The van der Waals surface area contributed by atoms with Crippen molar-refractivity contribution < 1.29 is 19.4 Å². The zero-order chi connectivity index (χ0) is 15.2. The van der Waals surface area contributed by atoms with Crippen molar-refractivity contribution in [1.82, 2.24) is 10.6 Å². The molecule has 1 heterocycles. The monoisotopic (exact) mass is 292 g/mol. The molecule has 0 radical (unpaired) electrons. The fraction of sp³-hybridized carbons (Fsp3) is 0.467. The second kappa shape index (κ2) is 7.19. The summed E-state index contributed by atoms with van der Waals surface area (Å²) in [6, 6.07) is 8.88. The standard InChI is InChI=1S/C15H20N2O4/c1-16-13-9-21-8-12(13)14(18)17-7-11(15(19)20)10-5-3-2-4-6-10/h2-6,11-13,16H,7-9H2,1H3,(H,17,18)(H,19,20). The molecule has 21 heavy (non-hydrogen) atoms. The second-order valence-electron chi connectivity index (χ2n) is 5.09. The number of aliphatic carboxylic acids is 1. The molecule has 6 nitrogen and oxygen atoms in total. The Balaban J connectivity index is 1.96. The number of benzene rings is 1. The van der Waals surface area contributed by atoms with E-state index < -0.39 is 11.9 Å². The molecule has 3 N–H and O–H groups in total. The molecule has 3 unspecified atom stereocenters. The highest BCUT2D eigenvalue weighted by atomic mass is 16.5. The van der Waals surface area contributed by atoms with E-state index in [9.17, 15) is 14.7 Å². The van der Waals surface area contributed by atoms with Crippen molar-refractivity contribution in [2.24, 2.45) is 5.92 Å². The predicted molar refractivity (Wildman–Crippen MR) is 77.0 cm³/mol. The number of carboxylic acid groups (broad SMARTS) is 1. The van der Waals surface area contributed by atoms with Crippen LogP contribution >= 0.6 is 0 Å². The first kappa shape index (κ1) is 15.5. The van der Waals surface area contributed by atoms with Crippen LogP contribution in [0.1, 0.15) is 11.5 Å². The minimum Gasteiger partial charge on any atom is -0.481 e. The van der Waals surface area contributed by atoms with Crippen LogP contribution in [-0.2, 0) is 14.3 Å². The topological polar surface area (TPSA) is 87.7 Å². The summed E-state index contributed by atoms with van der Waals surface area (Å²) in [6.45, 7) is 0.932. The number of hydrogen-bond acceptors (Lipinski definition) is 4. The summed E-state index contributed by atoms with van der Waals surface area (Å²) in [4.78, 5) is 23.5. The summed E-state index contributed by atoms with van der Waals surface area (Å²) < 4.78 is 5.28. The average molecular weight is 292 g/mol. The van der Waals surface area contributed by atoms with Gasteiger partial charge in [0.1, 0.15) is 0 Å². The van der Waals surface area contributed by atoms with E-state index in [0.29, 0.717) is 18.8 Å². The second-order valence-corrected chi connectivity index (χ2v) is 5.09. The number of ether oxygens (including phenoxy) is 1. The summed E-state index contributed by atoms with van der Waals surface area (Å²) in [5.74, 6) is -2.14. The molecule has 0 bridgehead atoms. The number of amides is 1. The molecule has 6 heteroatoms. The van der Waals surface area contributed by atoms with Crippen LogP contribution in [0.5, 0.6) is 0 Å². The average Bonchev–Trinajstić information content (AvgIpc) is 2.96. The summed E-state index contributed by atoms with van der Waals surface area (Å²) in [5.41, 5.74) is 0.679. The predicted octanol–water partition coefficient (Wildman–Crippen LogP) is 0.205. The van der Waals surface area contributed by atoms with Gasteiger partial charge in [0.15, 0.2) is 0 Å². The largest absolute Gasteiger partial charge is 0.481 e. The molecule has 1 aliphatic heterocycles. The van der Waals surface area contributed by atoms with Crippen molar-refractivity contribution in [3.63, 3.8) is 0 Å². The Kier molecular flexibility index (Phi) is 5.30. The van der Waals surface area contributed by atoms with Crippen molar-refractivity contribution in [2.75, 3.05) is 26.8 Å². The van der Waals surface area contributed by atoms with Crippen LogP contribution in [-0.4, -0.2) is 49.8 Å². The number of rotatable bonds is 6. The molecule has 0 aliphatic carbocycles. The Hall–Kier alpha value is -1.92. The molecule has 1 amide bonds. The van der Waals surface area contributed by atoms with E-state index in [-0.39, 0.29) is 24.4 Å². The molecule has 1 aliphatic rings. The fourth-order valence-corrected chi connectivity index (χ4v) is 2.46. The maximum Gasteiger partial charge on any atom is 0.312 e. The Morgan fingerprint density at radius 3 is 2.67 bits per heavy atom. The van der Waals surface area contributed by atoms with Gasteiger partial charge < -0.3 is 20.5 Å². The SMILES string of the molecule is CNC1COCC1C(=O)NCC(C(=O)O)c1ccccc1. The zero-order valence-corrected chi connectivity index (χ0v) is 11.9. The first-order valence-electron chi connectivity index (χ1n) is 6.94. The lowest BCUT2D eigenvalue weighted by atomic mass is 9.98. The van der Waals surface area contributed by atoms with Gasteiger partial charge in [0.25, 0.3) is 0 Å². The lowest BCUT2D eigenvalue weighted by Gasteiger charge is -2.19. The van der Waals surface area contributed by atoms with Crippen molar-refractivity contribution in [1.29, 1.82) is 0 Å². The van der Waals surface area contributed by atoms with Gasteiger partial charge in [-0.1, -0.05) is 30.3 Å². The molecule has 1 aromatic carbocycles. The molecule has 3 atom stereocenters. The van der Waals surface area contributed by atoms with Crippen LogP contribution in [0.4, 0.5) is 0 Å². The minimum absolute atomic E-state index is 0.0231. The van der Waals surface area contributed by atoms with Gasteiger partial charge >= 0.3 is 5.97 Å². The van der Waals surface area contributed by atoms with Gasteiger partial charge in [-0.3, -0.25) is 9.59 Å². The molecule has 1 saturated heterocycles. The van der Waals surface area contributed by atoms with Crippen molar-refractivity contribution in [2.45, 2.75) is 12.0 Å². The van der Waals surface area contributed by atoms with Crippen molar-refractivity contribution >= 4 is 11.9 Å². The van der Waals surface area contributed by atoms with Crippen LogP contribution in [0.25, 0.3) is 0 Å². The molecular weight excluding hydrogens is 272 g/mol. The van der Waals surface area contributed by atoms with Crippen LogP contribution in [0.3, 0.4) is 0 Å². The number of hydrogen-bond donors (Lipinski definition) is 3. The third-order valence-corrected chi connectivity index (χ3v) is 3.77. The molecule has 0 aromatic heterocycles. The number of nitrogens with one attached hydrogen (secondary N) is 2. The maximum absolute atomic E-state index is 12.1. The molecule has 1 fully saturated rings. The van der Waals surface area contributed by atoms with Gasteiger partial charge in [-0.15, -0.1) is 0 Å². The normalized spacial score (nSPS) is 22.7. The molecule has 0 saturated carbocycles. The summed E-state index contributed by atoms with van der Waals surface area (Å²) in [6.07, 6.45) is 0. The van der Waals surface area contributed by atoms with Gasteiger partial charge in [0.2, 0.25) is 5.91 Å². The van der Waals surface area contributed by atoms with Gasteiger partial charge in [-0.2, -0.15) is 0 Å². The summed E-state index contributed by atoms with van der Waals surface area (Å²) >= 11 is 0. The Bertz CT molecular complexity index is 492. The molecule has 2 rings (SSSR count). The Labute approximate surface area is 123 Å². The Morgan fingerprint density at radius 2 is 2.05 bits per heavy atom. The van der Waals surface area contributed by atoms with Crippen LogP contribution in [0, 0.1) is 5.92 Å². The lowest BCUT2D eigenvalue weighted by molar-refractivity contribution is -0.138. The maximum atomic E-state index is 12.1. The van der Waals surface area contributed by atoms with E-state index in [2.05, 4.69) is 10.6 Å². The van der Waals surface area contributed by atoms with Gasteiger partial charge in [-0.25, -0.2) is 0 Å². The third-order valence-electron chi connectivity index (χ3n) is 3.77. The molecule has 114 valence electrons. The first-order chi connectivity index (χ1) is 10.1. The van der Waals surface area contributed by atoms with Gasteiger partial charge in [-0.05, 0) is 12.6 Å². The molecular formula is C15H20N2O4. The molecule has 0 spiro atoms. The van der Waals surface area contributed by atoms with E-state index in [1.807, 2.05) is 6.07 Å². The highest BCUT2D eigenvalue weighted by Crippen LogP contribution is 2.17. The third kappa shape index (κ3) is 3.80.